The minimum absolute atomic E-state index is 0.172. The van der Waals surface area contributed by atoms with E-state index in [1.54, 1.807) is 0 Å². The second-order valence-electron chi connectivity index (χ2n) is 21.7. The third-order valence-corrected chi connectivity index (χ3v) is 13.6. The van der Waals surface area contributed by atoms with Crippen LogP contribution in [0, 0.1) is 0 Å². The Morgan fingerprint density at radius 1 is 0.382 bits per heavy atom. The van der Waals surface area contributed by atoms with Crippen LogP contribution < -0.4 is 0 Å². The lowest BCUT2D eigenvalue weighted by Gasteiger charge is -2.25. The van der Waals surface area contributed by atoms with Crippen LogP contribution in [-0.2, 0) is 33.3 Å². The number of rotatable bonds is 56. The minimum atomic E-state index is -1.50. The van der Waals surface area contributed by atoms with E-state index >= 15 is 0 Å². The zero-order valence-electron chi connectivity index (χ0n) is 46.1. The summed E-state index contributed by atoms with van der Waals surface area (Å²) in [5.41, 5.74) is 0. The van der Waals surface area contributed by atoms with Gasteiger partial charge in [-0.05, 0) is 12.8 Å². The van der Waals surface area contributed by atoms with Crippen molar-refractivity contribution in [1.29, 1.82) is 0 Å². The highest BCUT2D eigenvalue weighted by Gasteiger charge is 2.25. The molecule has 68 heavy (non-hydrogen) atoms. The van der Waals surface area contributed by atoms with Crippen LogP contribution in [0.15, 0.2) is 0 Å². The fourth-order valence-corrected chi connectivity index (χ4v) is 9.02. The lowest BCUT2D eigenvalue weighted by Crippen LogP contribution is -2.40. The molecule has 0 spiro atoms. The molecule has 0 aromatic rings. The molecule has 0 aliphatic heterocycles. The van der Waals surface area contributed by atoms with Crippen LogP contribution in [0.5, 0.6) is 0 Å². The summed E-state index contributed by atoms with van der Waals surface area (Å²) < 4.78 is 22.9. The van der Waals surface area contributed by atoms with Crippen molar-refractivity contribution in [2.45, 2.75) is 315 Å². The van der Waals surface area contributed by atoms with Crippen LogP contribution in [0.25, 0.3) is 0 Å². The molecule has 0 aliphatic carbocycles. The van der Waals surface area contributed by atoms with Gasteiger partial charge in [-0.15, -0.1) is 0 Å². The Balaban J connectivity index is 4.18. The van der Waals surface area contributed by atoms with Crippen molar-refractivity contribution in [2.75, 3.05) is 47.5 Å². The number of quaternary nitrogens is 1. The number of nitrogens with zero attached hydrogens (tertiary/aromatic N) is 1. The Bertz CT molecular complexity index is 1080. The van der Waals surface area contributed by atoms with Gasteiger partial charge in [-0.25, -0.2) is 4.79 Å². The number of carbonyl (C=O) groups is 3. The van der Waals surface area contributed by atoms with Gasteiger partial charge in [-0.3, -0.25) is 9.59 Å². The predicted molar refractivity (Wildman–Crippen MR) is 286 cm³/mol. The van der Waals surface area contributed by atoms with Crippen LogP contribution in [0.1, 0.15) is 303 Å². The number of hydrogen-bond acceptors (Lipinski definition) is 7. The standard InChI is InChI=1S/C59H115NO8/c1-6-8-10-12-14-16-18-20-22-24-26-28-29-30-32-34-36-38-40-42-44-46-48-50-57(62)68-55(54-67-59(58(63)64)65-52-51-60(3,4)5)53-66-56(61)49-47-45-43-41-39-37-35-33-31-27-25-23-21-19-17-15-13-11-9-7-2/h55,59H,6-54H2,1-5H3/p+1. The summed E-state index contributed by atoms with van der Waals surface area (Å²) in [5, 5.41) is 9.70. The molecular weight excluding hydrogens is 851 g/mol. The maximum absolute atomic E-state index is 12.9. The fourth-order valence-electron chi connectivity index (χ4n) is 9.02. The topological polar surface area (TPSA) is 108 Å². The molecule has 0 rings (SSSR count). The first-order valence-corrected chi connectivity index (χ1v) is 29.7. The number of unbranched alkanes of at least 4 members (excludes halogenated alkanes) is 41. The Morgan fingerprint density at radius 3 is 0.941 bits per heavy atom. The van der Waals surface area contributed by atoms with Crippen LogP contribution >= 0.6 is 0 Å². The Labute approximate surface area is 422 Å². The molecule has 1 N–H and O–H groups in total. The van der Waals surface area contributed by atoms with Gasteiger partial charge >= 0.3 is 17.9 Å². The van der Waals surface area contributed by atoms with Gasteiger partial charge in [-0.1, -0.05) is 277 Å². The van der Waals surface area contributed by atoms with Crippen LogP contribution in [0.4, 0.5) is 0 Å². The van der Waals surface area contributed by atoms with Crippen molar-refractivity contribution >= 4 is 17.9 Å². The zero-order valence-corrected chi connectivity index (χ0v) is 46.1. The summed E-state index contributed by atoms with van der Waals surface area (Å²) in [5.74, 6) is -1.97. The maximum atomic E-state index is 12.9. The minimum Gasteiger partial charge on any atom is -0.477 e. The number of carboxylic acid groups (broad SMARTS) is 1. The maximum Gasteiger partial charge on any atom is 0.361 e. The van der Waals surface area contributed by atoms with Gasteiger partial charge in [0.1, 0.15) is 13.2 Å². The van der Waals surface area contributed by atoms with E-state index < -0.39 is 18.4 Å². The fraction of sp³-hybridized carbons (Fsp3) is 0.949. The lowest BCUT2D eigenvalue weighted by molar-refractivity contribution is -0.870. The van der Waals surface area contributed by atoms with Gasteiger partial charge < -0.3 is 28.5 Å². The summed E-state index contributed by atoms with van der Waals surface area (Å²) in [6, 6.07) is 0. The molecule has 0 bridgehead atoms. The van der Waals surface area contributed by atoms with Crippen molar-refractivity contribution in [2.24, 2.45) is 0 Å². The third kappa shape index (κ3) is 52.1. The summed E-state index contributed by atoms with van der Waals surface area (Å²) in [4.78, 5) is 37.4. The van der Waals surface area contributed by atoms with Crippen LogP contribution in [0.3, 0.4) is 0 Å². The normalized spacial score (nSPS) is 12.7. The molecule has 0 aromatic carbocycles. The summed E-state index contributed by atoms with van der Waals surface area (Å²) in [6.45, 7) is 4.95. The van der Waals surface area contributed by atoms with Gasteiger partial charge in [0.25, 0.3) is 6.29 Å². The van der Waals surface area contributed by atoms with Gasteiger partial charge in [0.15, 0.2) is 6.10 Å². The van der Waals surface area contributed by atoms with E-state index in [1.807, 2.05) is 21.1 Å². The first kappa shape index (κ1) is 66.3. The molecule has 9 nitrogen and oxygen atoms in total. The third-order valence-electron chi connectivity index (χ3n) is 13.6. The molecule has 2 unspecified atom stereocenters. The molecule has 0 aliphatic rings. The molecule has 9 heteroatoms. The van der Waals surface area contributed by atoms with E-state index in [9.17, 15) is 19.5 Å². The molecule has 0 saturated carbocycles. The summed E-state index contributed by atoms with van der Waals surface area (Å²) >= 11 is 0. The van der Waals surface area contributed by atoms with Crippen molar-refractivity contribution < 1.29 is 42.9 Å². The van der Waals surface area contributed by atoms with Gasteiger partial charge in [0.05, 0.1) is 34.4 Å². The number of esters is 2. The lowest BCUT2D eigenvalue weighted by atomic mass is 10.0. The van der Waals surface area contributed by atoms with E-state index in [1.165, 1.54) is 238 Å². The Morgan fingerprint density at radius 2 is 0.662 bits per heavy atom. The molecule has 0 amide bonds. The first-order chi connectivity index (χ1) is 33.1. The van der Waals surface area contributed by atoms with Gasteiger partial charge in [-0.2, -0.15) is 0 Å². The number of likely N-dealkylation sites (N-methyl/N-ethyl adjacent to an activating group) is 1. The van der Waals surface area contributed by atoms with E-state index in [0.29, 0.717) is 17.4 Å². The molecule has 0 fully saturated rings. The highest BCUT2D eigenvalue weighted by Crippen LogP contribution is 2.18. The van der Waals surface area contributed by atoms with E-state index in [-0.39, 0.29) is 38.2 Å². The van der Waals surface area contributed by atoms with Crippen molar-refractivity contribution in [3.05, 3.63) is 0 Å². The summed E-state index contributed by atoms with van der Waals surface area (Å²) in [7, 11) is 5.98. The SMILES string of the molecule is CCCCCCCCCCCCCCCCCCCCCCCCCC(=O)OC(COC(=O)CCCCCCCCCCCCCCCCCCCCCC)COC(OCC[N+](C)(C)C)C(=O)O. The monoisotopic (exact) mass is 967 g/mol. The number of carboxylic acids is 1. The van der Waals surface area contributed by atoms with Crippen molar-refractivity contribution in [3.8, 4) is 0 Å². The van der Waals surface area contributed by atoms with E-state index in [0.717, 1.165) is 38.5 Å². The molecule has 0 heterocycles. The van der Waals surface area contributed by atoms with Crippen LogP contribution in [-0.4, -0.2) is 87.4 Å². The summed E-state index contributed by atoms with van der Waals surface area (Å²) in [6.07, 6.45) is 54.7. The average molecular weight is 968 g/mol. The molecule has 2 atom stereocenters. The van der Waals surface area contributed by atoms with Crippen molar-refractivity contribution in [3.63, 3.8) is 0 Å². The number of hydrogen-bond donors (Lipinski definition) is 1. The van der Waals surface area contributed by atoms with Gasteiger partial charge in [0.2, 0.25) is 0 Å². The highest BCUT2D eigenvalue weighted by molar-refractivity contribution is 5.71. The largest absolute Gasteiger partial charge is 0.477 e. The smallest absolute Gasteiger partial charge is 0.361 e. The van der Waals surface area contributed by atoms with Crippen molar-refractivity contribution in [1.82, 2.24) is 0 Å². The molecular formula is C59H116NO8+. The van der Waals surface area contributed by atoms with E-state index in [2.05, 4.69) is 13.8 Å². The number of carbonyl (C=O) groups excluding carboxylic acids is 2. The second kappa shape index (κ2) is 51.6. The average Bonchev–Trinajstić information content (AvgIpc) is 3.30. The van der Waals surface area contributed by atoms with Gasteiger partial charge in [0, 0.05) is 12.8 Å². The van der Waals surface area contributed by atoms with Crippen LogP contribution in [0.2, 0.25) is 0 Å². The first-order valence-electron chi connectivity index (χ1n) is 29.7. The number of aliphatic carboxylic acids is 1. The molecule has 0 aromatic heterocycles. The Hall–Kier alpha value is -1.71. The second-order valence-corrected chi connectivity index (χ2v) is 21.7. The Kier molecular flexibility index (Phi) is 50.3. The molecule has 404 valence electrons. The quantitative estimate of drug-likeness (QED) is 0.0278. The predicted octanol–water partition coefficient (Wildman–Crippen LogP) is 17.2. The molecule has 0 saturated heterocycles. The van der Waals surface area contributed by atoms with E-state index in [4.69, 9.17) is 18.9 Å². The molecule has 0 radical (unpaired) electrons. The highest BCUT2D eigenvalue weighted by atomic mass is 16.7. The zero-order chi connectivity index (χ0) is 49.9. The number of ether oxygens (including phenoxy) is 4.